The van der Waals surface area contributed by atoms with Crippen LogP contribution in [0.1, 0.15) is 23.7 Å². The van der Waals surface area contributed by atoms with Crippen LogP contribution in [0, 0.1) is 5.82 Å². The van der Waals surface area contributed by atoms with E-state index in [1.165, 1.54) is 19.2 Å². The van der Waals surface area contributed by atoms with E-state index in [-0.39, 0.29) is 12.2 Å². The number of carbonyl (C=O) groups excluding carboxylic acids is 3. The largest absolute Gasteiger partial charge is 0.447 e. The highest BCUT2D eigenvalue weighted by molar-refractivity contribution is 5.97. The van der Waals surface area contributed by atoms with Gasteiger partial charge in [-0.15, -0.1) is 0 Å². The van der Waals surface area contributed by atoms with Crippen molar-refractivity contribution in [1.82, 2.24) is 10.6 Å². The van der Waals surface area contributed by atoms with Gasteiger partial charge in [-0.3, -0.25) is 14.9 Å². The summed E-state index contributed by atoms with van der Waals surface area (Å²) in [5.41, 5.74) is 1.22. The first kappa shape index (κ1) is 19.1. The Kier molecular flexibility index (Phi) is 6.84. The number of imide groups is 1. The fraction of sp³-hybridized carbons (Fsp3) is 0.211. The number of urea groups is 1. The number of amides is 3. The maximum Gasteiger partial charge on any atom is 0.321 e. The molecule has 0 radical (unpaired) electrons. The molecule has 0 aromatic heterocycles. The number of benzene rings is 2. The first-order valence-corrected chi connectivity index (χ1v) is 8.01. The standard InChI is InChI=1S/C19H19FN2O4/c1-21-19(25)22-18(24)17(14-5-3-2-4-6-14)26-16(23)12-9-13-7-10-15(20)11-8-13/h2-8,10-11,17H,9,12H2,1H3,(H2,21,22,24,25)/t17-/m1/s1. The first-order chi connectivity index (χ1) is 12.5. The summed E-state index contributed by atoms with van der Waals surface area (Å²) in [6.45, 7) is 0. The van der Waals surface area contributed by atoms with Gasteiger partial charge in [0.2, 0.25) is 6.10 Å². The number of carbonyl (C=O) groups is 3. The van der Waals surface area contributed by atoms with Crippen LogP contribution in [0.2, 0.25) is 0 Å². The number of rotatable bonds is 6. The van der Waals surface area contributed by atoms with Crippen LogP contribution in [-0.4, -0.2) is 25.0 Å². The fourth-order valence-corrected chi connectivity index (χ4v) is 2.23. The van der Waals surface area contributed by atoms with Gasteiger partial charge in [-0.2, -0.15) is 0 Å². The highest BCUT2D eigenvalue weighted by Crippen LogP contribution is 2.19. The van der Waals surface area contributed by atoms with Crippen molar-refractivity contribution in [2.75, 3.05) is 7.05 Å². The molecule has 7 heteroatoms. The van der Waals surface area contributed by atoms with E-state index >= 15 is 0 Å². The summed E-state index contributed by atoms with van der Waals surface area (Å²) in [6.07, 6.45) is -0.880. The molecule has 136 valence electrons. The first-order valence-electron chi connectivity index (χ1n) is 8.01. The normalized spacial score (nSPS) is 11.3. The third kappa shape index (κ3) is 5.70. The number of nitrogens with one attached hydrogen (secondary N) is 2. The lowest BCUT2D eigenvalue weighted by atomic mass is 10.1. The smallest absolute Gasteiger partial charge is 0.321 e. The lowest BCUT2D eigenvalue weighted by Gasteiger charge is -2.17. The lowest BCUT2D eigenvalue weighted by Crippen LogP contribution is -2.41. The third-order valence-electron chi connectivity index (χ3n) is 3.58. The third-order valence-corrected chi connectivity index (χ3v) is 3.58. The Bertz CT molecular complexity index is 763. The van der Waals surface area contributed by atoms with Gasteiger partial charge in [0.25, 0.3) is 5.91 Å². The number of hydrogen-bond acceptors (Lipinski definition) is 4. The van der Waals surface area contributed by atoms with E-state index in [4.69, 9.17) is 4.74 Å². The summed E-state index contributed by atoms with van der Waals surface area (Å²) in [6, 6.07) is 13.5. The van der Waals surface area contributed by atoms with E-state index in [2.05, 4.69) is 10.6 Å². The van der Waals surface area contributed by atoms with Crippen LogP contribution < -0.4 is 10.6 Å². The van der Waals surface area contributed by atoms with Gasteiger partial charge in [0.1, 0.15) is 5.82 Å². The molecule has 26 heavy (non-hydrogen) atoms. The second-order valence-electron chi connectivity index (χ2n) is 5.48. The second-order valence-corrected chi connectivity index (χ2v) is 5.48. The van der Waals surface area contributed by atoms with E-state index in [0.29, 0.717) is 12.0 Å². The van der Waals surface area contributed by atoms with Crippen molar-refractivity contribution >= 4 is 17.9 Å². The van der Waals surface area contributed by atoms with E-state index in [1.54, 1.807) is 42.5 Å². The minimum Gasteiger partial charge on any atom is -0.447 e. The Morgan fingerprint density at radius 1 is 1.04 bits per heavy atom. The molecule has 3 amide bonds. The predicted molar refractivity (Wildman–Crippen MR) is 92.6 cm³/mol. The summed E-state index contributed by atoms with van der Waals surface area (Å²) < 4.78 is 18.2. The molecule has 0 unspecified atom stereocenters. The van der Waals surface area contributed by atoms with Gasteiger partial charge in [-0.05, 0) is 24.1 Å². The molecule has 0 spiro atoms. The Labute approximate surface area is 150 Å². The Morgan fingerprint density at radius 2 is 1.69 bits per heavy atom. The Balaban J connectivity index is 2.03. The maximum atomic E-state index is 12.9. The molecule has 0 aliphatic rings. The Morgan fingerprint density at radius 3 is 2.31 bits per heavy atom. The van der Waals surface area contributed by atoms with Crippen LogP contribution >= 0.6 is 0 Å². The predicted octanol–water partition coefficient (Wildman–Crippen LogP) is 2.50. The summed E-state index contributed by atoms with van der Waals surface area (Å²) in [5.74, 6) is -1.70. The number of hydrogen-bond donors (Lipinski definition) is 2. The van der Waals surface area contributed by atoms with Crippen LogP contribution in [0.5, 0.6) is 0 Å². The van der Waals surface area contributed by atoms with Crippen LogP contribution in [0.3, 0.4) is 0 Å². The molecule has 1 atom stereocenters. The van der Waals surface area contributed by atoms with Gasteiger partial charge in [-0.1, -0.05) is 42.5 Å². The van der Waals surface area contributed by atoms with Crippen LogP contribution in [0.15, 0.2) is 54.6 Å². The van der Waals surface area contributed by atoms with Gasteiger partial charge in [0, 0.05) is 19.0 Å². The molecule has 0 aliphatic heterocycles. The van der Waals surface area contributed by atoms with Crippen LogP contribution in [0.4, 0.5) is 9.18 Å². The SMILES string of the molecule is CNC(=O)NC(=O)[C@H](OC(=O)CCc1ccc(F)cc1)c1ccccc1. The minimum absolute atomic E-state index is 0.0161. The zero-order valence-corrected chi connectivity index (χ0v) is 14.2. The molecule has 2 aromatic carbocycles. The molecule has 0 fully saturated rings. The number of aryl methyl sites for hydroxylation is 1. The molecule has 6 nitrogen and oxygen atoms in total. The summed E-state index contributed by atoms with van der Waals surface area (Å²) >= 11 is 0. The van der Waals surface area contributed by atoms with Crippen molar-refractivity contribution < 1.29 is 23.5 Å². The molecule has 2 aromatic rings. The number of halogens is 1. The zero-order chi connectivity index (χ0) is 18.9. The molecule has 2 rings (SSSR count). The Hall–Kier alpha value is -3.22. The van der Waals surface area contributed by atoms with Gasteiger partial charge in [0.15, 0.2) is 0 Å². The average molecular weight is 358 g/mol. The van der Waals surface area contributed by atoms with Crippen molar-refractivity contribution in [1.29, 1.82) is 0 Å². The zero-order valence-electron chi connectivity index (χ0n) is 14.2. The van der Waals surface area contributed by atoms with Crippen molar-refractivity contribution in [2.24, 2.45) is 0 Å². The van der Waals surface area contributed by atoms with Crippen molar-refractivity contribution in [2.45, 2.75) is 18.9 Å². The molecular weight excluding hydrogens is 339 g/mol. The quantitative estimate of drug-likeness (QED) is 0.777. The van der Waals surface area contributed by atoms with Crippen molar-refractivity contribution in [3.05, 3.63) is 71.5 Å². The van der Waals surface area contributed by atoms with Gasteiger partial charge >= 0.3 is 12.0 Å². The van der Waals surface area contributed by atoms with Crippen molar-refractivity contribution in [3.63, 3.8) is 0 Å². The van der Waals surface area contributed by atoms with Crippen molar-refractivity contribution in [3.8, 4) is 0 Å². The minimum atomic E-state index is -1.24. The van der Waals surface area contributed by atoms with Gasteiger partial charge < -0.3 is 10.1 Å². The summed E-state index contributed by atoms with van der Waals surface area (Å²) in [5, 5.41) is 4.37. The average Bonchev–Trinajstić information content (AvgIpc) is 2.66. The maximum absolute atomic E-state index is 12.9. The van der Waals surface area contributed by atoms with E-state index in [0.717, 1.165) is 5.56 Å². The molecule has 0 saturated carbocycles. The highest BCUT2D eigenvalue weighted by Gasteiger charge is 2.26. The molecule has 0 saturated heterocycles. The van der Waals surface area contributed by atoms with Gasteiger partial charge in [0.05, 0.1) is 0 Å². The molecule has 0 heterocycles. The topological polar surface area (TPSA) is 84.5 Å². The highest BCUT2D eigenvalue weighted by atomic mass is 19.1. The van der Waals surface area contributed by atoms with E-state index in [9.17, 15) is 18.8 Å². The number of esters is 1. The van der Waals surface area contributed by atoms with Gasteiger partial charge in [-0.25, -0.2) is 9.18 Å². The van der Waals surface area contributed by atoms with E-state index < -0.39 is 24.0 Å². The monoisotopic (exact) mass is 358 g/mol. The molecule has 2 N–H and O–H groups in total. The molecular formula is C19H19FN2O4. The fourth-order valence-electron chi connectivity index (χ4n) is 2.23. The van der Waals surface area contributed by atoms with Crippen LogP contribution in [-0.2, 0) is 20.7 Å². The second kappa shape index (κ2) is 9.31. The molecule has 0 aliphatic carbocycles. The summed E-state index contributed by atoms with van der Waals surface area (Å²) in [7, 11) is 1.37. The van der Waals surface area contributed by atoms with Crippen LogP contribution in [0.25, 0.3) is 0 Å². The number of ether oxygens (including phenoxy) is 1. The molecule has 0 bridgehead atoms. The summed E-state index contributed by atoms with van der Waals surface area (Å²) in [4.78, 5) is 35.8. The van der Waals surface area contributed by atoms with E-state index in [1.807, 2.05) is 0 Å². The lowest BCUT2D eigenvalue weighted by molar-refractivity contribution is -0.156.